The number of amides is 2. The smallest absolute Gasteiger partial charge is 0.248 e. The number of nitrogens with one attached hydrogen (secondary N) is 1. The third-order valence-corrected chi connectivity index (χ3v) is 6.04. The fourth-order valence-corrected chi connectivity index (χ4v) is 4.43. The predicted molar refractivity (Wildman–Crippen MR) is 129 cm³/mol. The lowest BCUT2D eigenvalue weighted by molar-refractivity contribution is -0.116. The SMILES string of the molecule is CCc1ccc(Cl)c(CC)c1NC(=O)/C=C/c1csc(N(C(C)=O)c2ccccc2F)n1. The van der Waals surface area contributed by atoms with Crippen molar-refractivity contribution in [2.24, 2.45) is 0 Å². The number of para-hydroxylation sites is 1. The van der Waals surface area contributed by atoms with Crippen LogP contribution in [0.3, 0.4) is 0 Å². The summed E-state index contributed by atoms with van der Waals surface area (Å²) >= 11 is 7.48. The van der Waals surface area contributed by atoms with Gasteiger partial charge in [0.2, 0.25) is 11.8 Å². The van der Waals surface area contributed by atoms with Gasteiger partial charge in [-0.25, -0.2) is 9.37 Å². The van der Waals surface area contributed by atoms with Gasteiger partial charge in [-0.3, -0.25) is 14.5 Å². The maximum atomic E-state index is 14.2. The minimum atomic E-state index is -0.519. The lowest BCUT2D eigenvalue weighted by atomic mass is 10.0. The highest BCUT2D eigenvalue weighted by Crippen LogP contribution is 2.31. The van der Waals surface area contributed by atoms with E-state index in [0.29, 0.717) is 22.3 Å². The largest absolute Gasteiger partial charge is 0.322 e. The molecule has 0 radical (unpaired) electrons. The number of aromatic nitrogens is 1. The molecule has 0 aliphatic heterocycles. The standard InChI is InChI=1S/C24H23ClFN3O2S/c1-4-16-10-12-19(25)18(5-2)23(16)28-22(31)13-11-17-14-32-24(27-17)29(15(3)30)21-9-7-6-8-20(21)26/h6-14H,4-5H2,1-3H3,(H,28,31)/b13-11+. The van der Waals surface area contributed by atoms with Gasteiger partial charge in [-0.1, -0.05) is 43.6 Å². The van der Waals surface area contributed by atoms with Crippen LogP contribution in [0.5, 0.6) is 0 Å². The third kappa shape index (κ3) is 5.23. The minimum Gasteiger partial charge on any atom is -0.322 e. The Labute approximate surface area is 195 Å². The fraction of sp³-hybridized carbons (Fsp3) is 0.208. The van der Waals surface area contributed by atoms with Gasteiger partial charge >= 0.3 is 0 Å². The summed E-state index contributed by atoms with van der Waals surface area (Å²) in [5.74, 6) is -1.20. The highest BCUT2D eigenvalue weighted by Gasteiger charge is 2.20. The van der Waals surface area contributed by atoms with Crippen LogP contribution in [0.2, 0.25) is 5.02 Å². The van der Waals surface area contributed by atoms with Crippen LogP contribution < -0.4 is 10.2 Å². The van der Waals surface area contributed by atoms with Crippen molar-refractivity contribution in [3.8, 4) is 0 Å². The molecule has 3 rings (SSSR count). The summed E-state index contributed by atoms with van der Waals surface area (Å²) < 4.78 is 14.2. The lowest BCUT2D eigenvalue weighted by Crippen LogP contribution is -2.23. The number of halogens is 2. The Hall–Kier alpha value is -3.03. The van der Waals surface area contributed by atoms with Crippen molar-refractivity contribution in [1.29, 1.82) is 0 Å². The summed E-state index contributed by atoms with van der Waals surface area (Å²) in [6.07, 6.45) is 4.38. The highest BCUT2D eigenvalue weighted by atomic mass is 35.5. The molecule has 166 valence electrons. The van der Waals surface area contributed by atoms with Crippen LogP contribution in [0, 0.1) is 5.82 Å². The number of anilines is 3. The van der Waals surface area contributed by atoms with Crippen molar-refractivity contribution >= 4 is 57.3 Å². The zero-order valence-corrected chi connectivity index (χ0v) is 19.6. The van der Waals surface area contributed by atoms with E-state index in [9.17, 15) is 14.0 Å². The van der Waals surface area contributed by atoms with Crippen molar-refractivity contribution in [2.75, 3.05) is 10.2 Å². The Morgan fingerprint density at radius 1 is 1.19 bits per heavy atom. The van der Waals surface area contributed by atoms with E-state index in [4.69, 9.17) is 11.6 Å². The molecule has 0 spiro atoms. The molecule has 0 aliphatic carbocycles. The number of carbonyl (C=O) groups is 2. The molecule has 0 saturated heterocycles. The first-order valence-electron chi connectivity index (χ1n) is 10.2. The molecule has 8 heteroatoms. The maximum Gasteiger partial charge on any atom is 0.248 e. The average molecular weight is 472 g/mol. The van der Waals surface area contributed by atoms with Crippen LogP contribution in [-0.4, -0.2) is 16.8 Å². The molecule has 32 heavy (non-hydrogen) atoms. The molecule has 2 aromatic carbocycles. The second kappa shape index (κ2) is 10.5. The van der Waals surface area contributed by atoms with E-state index in [1.165, 1.54) is 41.4 Å². The van der Waals surface area contributed by atoms with Gasteiger partial charge in [0.15, 0.2) is 5.13 Å². The van der Waals surface area contributed by atoms with Crippen LogP contribution >= 0.6 is 22.9 Å². The number of carbonyl (C=O) groups excluding carboxylic acids is 2. The quantitative estimate of drug-likeness (QED) is 0.406. The zero-order valence-electron chi connectivity index (χ0n) is 18.0. The van der Waals surface area contributed by atoms with Crippen molar-refractivity contribution in [3.63, 3.8) is 0 Å². The monoisotopic (exact) mass is 471 g/mol. The molecule has 0 fully saturated rings. The first-order chi connectivity index (χ1) is 15.3. The first kappa shape index (κ1) is 23.6. The van der Waals surface area contributed by atoms with Crippen LogP contribution in [0.15, 0.2) is 47.9 Å². The van der Waals surface area contributed by atoms with Gasteiger partial charge in [-0.15, -0.1) is 11.3 Å². The van der Waals surface area contributed by atoms with E-state index in [1.807, 2.05) is 26.0 Å². The summed E-state index contributed by atoms with van der Waals surface area (Å²) in [6.45, 7) is 5.35. The van der Waals surface area contributed by atoms with Crippen LogP contribution in [0.4, 0.5) is 20.9 Å². The van der Waals surface area contributed by atoms with E-state index >= 15 is 0 Å². The van der Waals surface area contributed by atoms with E-state index in [1.54, 1.807) is 23.6 Å². The molecule has 1 N–H and O–H groups in total. The maximum absolute atomic E-state index is 14.2. The fourth-order valence-electron chi connectivity index (χ4n) is 3.29. The lowest BCUT2D eigenvalue weighted by Gasteiger charge is -2.18. The van der Waals surface area contributed by atoms with Gasteiger partial charge in [-0.2, -0.15) is 0 Å². The Balaban J connectivity index is 1.81. The summed E-state index contributed by atoms with van der Waals surface area (Å²) in [6, 6.07) is 9.76. The van der Waals surface area contributed by atoms with E-state index in [0.717, 1.165) is 23.2 Å². The van der Waals surface area contributed by atoms with E-state index in [-0.39, 0.29) is 17.5 Å². The molecular weight excluding hydrogens is 449 g/mol. The highest BCUT2D eigenvalue weighted by molar-refractivity contribution is 7.14. The van der Waals surface area contributed by atoms with Crippen LogP contribution in [0.1, 0.15) is 37.6 Å². The first-order valence-corrected chi connectivity index (χ1v) is 11.4. The van der Waals surface area contributed by atoms with E-state index < -0.39 is 5.82 Å². The van der Waals surface area contributed by atoms with Gasteiger partial charge in [0.1, 0.15) is 5.82 Å². The molecule has 5 nitrogen and oxygen atoms in total. The molecule has 0 aliphatic rings. The van der Waals surface area contributed by atoms with Crippen molar-refractivity contribution in [3.05, 3.63) is 75.5 Å². The van der Waals surface area contributed by atoms with Crippen molar-refractivity contribution < 1.29 is 14.0 Å². The predicted octanol–water partition coefficient (Wildman–Crippen LogP) is 6.40. The van der Waals surface area contributed by atoms with Crippen molar-refractivity contribution in [1.82, 2.24) is 4.98 Å². The summed E-state index contributed by atoms with van der Waals surface area (Å²) in [5, 5.41) is 5.56. The molecule has 2 amide bonds. The van der Waals surface area contributed by atoms with E-state index in [2.05, 4.69) is 10.3 Å². The second-order valence-corrected chi connectivity index (χ2v) is 8.19. The molecule has 1 aromatic heterocycles. The Morgan fingerprint density at radius 2 is 1.94 bits per heavy atom. The Bertz CT molecular complexity index is 1180. The van der Waals surface area contributed by atoms with Crippen molar-refractivity contribution in [2.45, 2.75) is 33.6 Å². The van der Waals surface area contributed by atoms with Gasteiger partial charge in [-0.05, 0) is 48.2 Å². The topological polar surface area (TPSA) is 62.3 Å². The summed E-state index contributed by atoms with van der Waals surface area (Å²) in [7, 11) is 0. The summed E-state index contributed by atoms with van der Waals surface area (Å²) in [5.41, 5.74) is 3.25. The molecule has 0 saturated carbocycles. The van der Waals surface area contributed by atoms with Gasteiger partial charge in [0.25, 0.3) is 0 Å². The number of rotatable bonds is 7. The molecular formula is C24H23ClFN3O2S. The number of hydrogen-bond acceptors (Lipinski definition) is 4. The Morgan fingerprint density at radius 3 is 2.59 bits per heavy atom. The summed E-state index contributed by atoms with van der Waals surface area (Å²) in [4.78, 5) is 30.3. The third-order valence-electron chi connectivity index (χ3n) is 4.84. The molecule has 1 heterocycles. The number of aryl methyl sites for hydroxylation is 1. The van der Waals surface area contributed by atoms with Crippen LogP contribution in [-0.2, 0) is 22.4 Å². The van der Waals surface area contributed by atoms with Gasteiger partial charge in [0.05, 0.1) is 11.4 Å². The Kier molecular flexibility index (Phi) is 7.77. The number of nitrogens with zero attached hydrogens (tertiary/aromatic N) is 2. The molecule has 3 aromatic rings. The van der Waals surface area contributed by atoms with Gasteiger partial charge in [0, 0.05) is 29.1 Å². The molecule has 0 unspecified atom stereocenters. The zero-order chi connectivity index (χ0) is 23.3. The number of thiazole rings is 1. The van der Waals surface area contributed by atoms with Gasteiger partial charge < -0.3 is 5.32 Å². The number of benzene rings is 2. The second-order valence-electron chi connectivity index (χ2n) is 6.95. The molecule has 0 bridgehead atoms. The van der Waals surface area contributed by atoms with Crippen LogP contribution in [0.25, 0.3) is 6.08 Å². The average Bonchev–Trinajstić information content (AvgIpc) is 3.22. The normalized spacial score (nSPS) is 11.0. The minimum absolute atomic E-state index is 0.128. The molecule has 0 atom stereocenters. The number of hydrogen-bond donors (Lipinski definition) is 1.